The number of carbonyl (C=O) groups is 2. The van der Waals surface area contributed by atoms with Gasteiger partial charge in [0.2, 0.25) is 0 Å². The van der Waals surface area contributed by atoms with E-state index in [1.54, 1.807) is 42.5 Å². The van der Waals surface area contributed by atoms with Gasteiger partial charge in [-0.3, -0.25) is 0 Å². The third kappa shape index (κ3) is 10.1. The zero-order valence-electron chi connectivity index (χ0n) is 15.6. The minimum absolute atomic E-state index is 0.143. The summed E-state index contributed by atoms with van der Waals surface area (Å²) in [5.74, 6) is -0.235. The molecular weight excluding hydrogens is 399 g/mol. The molecule has 4 nitrogen and oxygen atoms in total. The lowest BCUT2D eigenvalue weighted by atomic mass is 10.2. The summed E-state index contributed by atoms with van der Waals surface area (Å²) >= 11 is 11.3. The van der Waals surface area contributed by atoms with Crippen molar-refractivity contribution in [1.82, 2.24) is 0 Å². The Morgan fingerprint density at radius 1 is 0.893 bits per heavy atom. The molecule has 2 aromatic carbocycles. The van der Waals surface area contributed by atoms with Gasteiger partial charge in [0, 0.05) is 5.88 Å². The molecule has 0 saturated carbocycles. The maximum absolute atomic E-state index is 11.4. The minimum Gasteiger partial charge on any atom is -0.462 e. The highest BCUT2D eigenvalue weighted by molar-refractivity contribution is 6.28. The Labute approximate surface area is 176 Å². The maximum atomic E-state index is 11.4. The average molecular weight is 423 g/mol. The highest BCUT2D eigenvalue weighted by Gasteiger charge is 2.08. The standard InChI is InChI=1S/C11H12Cl2O2.C11H12O2/c12-8-10(13)6-7-15-11(14)9-4-2-1-3-5-9;1-2-3-9-13-11(12)10-7-5-4-6-8-10/h1-5,10H,6-8H2;2,4-8H,1,3,9H2. The SMILES string of the molecule is C=CCCOC(=O)c1ccccc1.O=C(OCCC(Cl)CCl)c1ccccc1. The summed E-state index contributed by atoms with van der Waals surface area (Å²) in [6.07, 6.45) is 2.99. The van der Waals surface area contributed by atoms with Gasteiger partial charge in [-0.2, -0.15) is 0 Å². The summed E-state index contributed by atoms with van der Waals surface area (Å²) in [4.78, 5) is 22.7. The fraction of sp³-hybridized carbons (Fsp3) is 0.273. The lowest BCUT2D eigenvalue weighted by Gasteiger charge is -2.06. The fourth-order valence-electron chi connectivity index (χ4n) is 1.91. The van der Waals surface area contributed by atoms with Gasteiger partial charge in [0.05, 0.1) is 29.7 Å². The van der Waals surface area contributed by atoms with Crippen LogP contribution in [0.25, 0.3) is 0 Å². The number of esters is 2. The molecule has 0 bridgehead atoms. The molecule has 0 aliphatic heterocycles. The summed E-state index contributed by atoms with van der Waals surface area (Å²) in [7, 11) is 0. The quantitative estimate of drug-likeness (QED) is 0.231. The topological polar surface area (TPSA) is 52.6 Å². The van der Waals surface area contributed by atoms with Crippen molar-refractivity contribution in [3.05, 3.63) is 84.4 Å². The minimum atomic E-state index is -0.325. The van der Waals surface area contributed by atoms with Crippen LogP contribution in [-0.4, -0.2) is 36.4 Å². The fourth-order valence-corrected chi connectivity index (χ4v) is 2.15. The monoisotopic (exact) mass is 422 g/mol. The first-order valence-corrected chi connectivity index (χ1v) is 9.80. The molecule has 28 heavy (non-hydrogen) atoms. The third-order valence-corrected chi connectivity index (χ3v) is 4.31. The van der Waals surface area contributed by atoms with Crippen LogP contribution in [0, 0.1) is 0 Å². The van der Waals surface area contributed by atoms with E-state index < -0.39 is 0 Å². The first-order valence-electron chi connectivity index (χ1n) is 8.83. The molecule has 0 N–H and O–H groups in total. The number of benzene rings is 2. The smallest absolute Gasteiger partial charge is 0.338 e. The second kappa shape index (κ2) is 14.7. The Balaban J connectivity index is 0.000000283. The van der Waals surface area contributed by atoms with Crippen LogP contribution in [0.15, 0.2) is 73.3 Å². The van der Waals surface area contributed by atoms with E-state index in [1.807, 2.05) is 24.3 Å². The van der Waals surface area contributed by atoms with Crippen molar-refractivity contribution in [1.29, 1.82) is 0 Å². The maximum Gasteiger partial charge on any atom is 0.338 e. The molecule has 150 valence electrons. The molecule has 2 rings (SSSR count). The number of carbonyl (C=O) groups excluding carboxylic acids is 2. The van der Waals surface area contributed by atoms with Gasteiger partial charge < -0.3 is 9.47 Å². The second-order valence-electron chi connectivity index (χ2n) is 5.62. The molecule has 0 spiro atoms. The van der Waals surface area contributed by atoms with Crippen LogP contribution >= 0.6 is 23.2 Å². The van der Waals surface area contributed by atoms with E-state index in [1.165, 1.54) is 0 Å². The number of hydrogen-bond acceptors (Lipinski definition) is 4. The zero-order valence-corrected chi connectivity index (χ0v) is 17.1. The van der Waals surface area contributed by atoms with E-state index in [0.717, 1.165) is 0 Å². The Morgan fingerprint density at radius 2 is 1.36 bits per heavy atom. The molecule has 0 heterocycles. The van der Waals surface area contributed by atoms with Gasteiger partial charge in [-0.15, -0.1) is 29.8 Å². The molecule has 0 fully saturated rings. The lowest BCUT2D eigenvalue weighted by Crippen LogP contribution is -2.10. The summed E-state index contributed by atoms with van der Waals surface area (Å²) in [5.41, 5.74) is 1.14. The zero-order chi connectivity index (χ0) is 20.6. The number of halogens is 2. The van der Waals surface area contributed by atoms with Crippen LogP contribution in [0.3, 0.4) is 0 Å². The van der Waals surface area contributed by atoms with Crippen LogP contribution in [0.2, 0.25) is 0 Å². The van der Waals surface area contributed by atoms with E-state index in [-0.39, 0.29) is 17.3 Å². The van der Waals surface area contributed by atoms with Crippen molar-refractivity contribution >= 4 is 35.1 Å². The first-order chi connectivity index (χ1) is 13.6. The molecule has 0 aromatic heterocycles. The molecule has 0 aliphatic carbocycles. The summed E-state index contributed by atoms with van der Waals surface area (Å²) in [5, 5.41) is -0.143. The van der Waals surface area contributed by atoms with Crippen LogP contribution in [0.5, 0.6) is 0 Å². The van der Waals surface area contributed by atoms with Gasteiger partial charge in [0.15, 0.2) is 0 Å². The normalized spacial score (nSPS) is 10.8. The van der Waals surface area contributed by atoms with Crippen molar-refractivity contribution in [2.45, 2.75) is 18.2 Å². The van der Waals surface area contributed by atoms with Gasteiger partial charge in [-0.05, 0) is 37.1 Å². The molecule has 6 heteroatoms. The molecule has 1 atom stereocenters. The number of rotatable bonds is 9. The highest BCUT2D eigenvalue weighted by atomic mass is 35.5. The third-order valence-electron chi connectivity index (χ3n) is 3.41. The van der Waals surface area contributed by atoms with Gasteiger partial charge in [0.25, 0.3) is 0 Å². The van der Waals surface area contributed by atoms with E-state index in [4.69, 9.17) is 32.7 Å². The summed E-state index contributed by atoms with van der Waals surface area (Å²) < 4.78 is 9.98. The molecule has 0 radical (unpaired) electrons. The molecule has 1 unspecified atom stereocenters. The van der Waals surface area contributed by atoms with E-state index in [9.17, 15) is 9.59 Å². The first kappa shape index (κ1) is 23.7. The van der Waals surface area contributed by atoms with Crippen LogP contribution in [0.4, 0.5) is 0 Å². The van der Waals surface area contributed by atoms with Gasteiger partial charge in [-0.25, -0.2) is 9.59 Å². The van der Waals surface area contributed by atoms with Crippen molar-refractivity contribution in [3.8, 4) is 0 Å². The molecule has 0 saturated heterocycles. The number of alkyl halides is 2. The largest absolute Gasteiger partial charge is 0.462 e. The van der Waals surface area contributed by atoms with E-state index in [0.29, 0.717) is 43.1 Å². The highest BCUT2D eigenvalue weighted by Crippen LogP contribution is 2.06. The van der Waals surface area contributed by atoms with E-state index >= 15 is 0 Å². The summed E-state index contributed by atoms with van der Waals surface area (Å²) in [6, 6.07) is 17.8. The van der Waals surface area contributed by atoms with E-state index in [2.05, 4.69) is 6.58 Å². The molecule has 0 amide bonds. The number of hydrogen-bond donors (Lipinski definition) is 0. The second-order valence-corrected chi connectivity index (χ2v) is 6.55. The molecular formula is C22H24Cl2O4. The Hall–Kier alpha value is -2.30. The number of ether oxygens (including phenoxy) is 2. The summed E-state index contributed by atoms with van der Waals surface area (Å²) in [6.45, 7) is 4.24. The predicted octanol–water partition coefficient (Wildman–Crippen LogP) is 5.50. The van der Waals surface area contributed by atoms with Crippen LogP contribution < -0.4 is 0 Å². The Morgan fingerprint density at radius 3 is 1.79 bits per heavy atom. The van der Waals surface area contributed by atoms with Crippen molar-refractivity contribution in [2.75, 3.05) is 19.1 Å². The van der Waals surface area contributed by atoms with Crippen molar-refractivity contribution < 1.29 is 19.1 Å². The lowest BCUT2D eigenvalue weighted by molar-refractivity contribution is 0.0495. The van der Waals surface area contributed by atoms with Crippen molar-refractivity contribution in [3.63, 3.8) is 0 Å². The predicted molar refractivity (Wildman–Crippen MR) is 113 cm³/mol. The van der Waals surface area contributed by atoms with Gasteiger partial charge in [-0.1, -0.05) is 42.5 Å². The molecule has 2 aromatic rings. The Kier molecular flexibility index (Phi) is 12.5. The average Bonchev–Trinajstić information content (AvgIpc) is 2.75. The van der Waals surface area contributed by atoms with Crippen LogP contribution in [-0.2, 0) is 9.47 Å². The van der Waals surface area contributed by atoms with Crippen molar-refractivity contribution in [2.24, 2.45) is 0 Å². The van der Waals surface area contributed by atoms with Gasteiger partial charge in [0.1, 0.15) is 0 Å². The molecule has 0 aliphatic rings. The Bertz CT molecular complexity index is 705. The van der Waals surface area contributed by atoms with Gasteiger partial charge >= 0.3 is 11.9 Å². The van der Waals surface area contributed by atoms with Crippen LogP contribution in [0.1, 0.15) is 33.6 Å².